The van der Waals surface area contributed by atoms with Crippen LogP contribution in [0, 0.1) is 6.92 Å². The first-order valence-corrected chi connectivity index (χ1v) is 5.92. The topological polar surface area (TPSA) is 77.2 Å². The highest BCUT2D eigenvalue weighted by atomic mass is 16.6. The Morgan fingerprint density at radius 3 is 2.79 bits per heavy atom. The quantitative estimate of drug-likeness (QED) is 0.885. The monoisotopic (exact) mass is 261 g/mol. The molecule has 0 radical (unpaired) electrons. The first-order chi connectivity index (χ1) is 9.15. The van der Waals surface area contributed by atoms with Crippen molar-refractivity contribution in [3.05, 3.63) is 41.7 Å². The molecule has 1 heterocycles. The predicted molar refractivity (Wildman–Crippen MR) is 67.5 cm³/mol. The molecule has 19 heavy (non-hydrogen) atoms. The minimum Gasteiger partial charge on any atom is -0.439 e. The van der Waals surface area contributed by atoms with Crippen LogP contribution in [0.15, 0.2) is 34.9 Å². The van der Waals surface area contributed by atoms with Gasteiger partial charge in [0.2, 0.25) is 0 Å². The number of benzene rings is 1. The third-order valence-electron chi connectivity index (χ3n) is 2.51. The Hall–Kier alpha value is -2.37. The van der Waals surface area contributed by atoms with Crippen molar-refractivity contribution in [3.8, 4) is 6.08 Å². The average molecular weight is 261 g/mol. The van der Waals surface area contributed by atoms with Gasteiger partial charge in [-0.25, -0.2) is 0 Å². The Kier molecular flexibility index (Phi) is 4.12. The molecular weight excluding hydrogens is 246 g/mol. The summed E-state index contributed by atoms with van der Waals surface area (Å²) in [5.41, 5.74) is 1.03. The van der Waals surface area contributed by atoms with Gasteiger partial charge in [-0.3, -0.25) is 9.32 Å². The molecule has 0 aliphatic heterocycles. The van der Waals surface area contributed by atoms with E-state index >= 15 is 0 Å². The Morgan fingerprint density at radius 1 is 1.42 bits per heavy atom. The van der Waals surface area contributed by atoms with Crippen molar-refractivity contribution in [2.75, 3.05) is 6.61 Å². The maximum atomic E-state index is 11.7. The first kappa shape index (κ1) is 13.1. The van der Waals surface area contributed by atoms with E-state index in [0.29, 0.717) is 5.82 Å². The van der Waals surface area contributed by atoms with Gasteiger partial charge in [-0.15, -0.1) is 0 Å². The molecule has 1 aromatic carbocycles. The summed E-state index contributed by atoms with van der Waals surface area (Å²) in [5, 5.41) is 6.38. The lowest BCUT2D eigenvalue weighted by atomic mass is 10.1. The number of hydrogen-bond acceptors (Lipinski definition) is 5. The molecule has 0 aliphatic carbocycles. The van der Waals surface area contributed by atoms with Crippen LogP contribution in [0.1, 0.15) is 24.4 Å². The van der Waals surface area contributed by atoms with E-state index in [1.807, 2.05) is 37.3 Å². The van der Waals surface area contributed by atoms with Crippen LogP contribution >= 0.6 is 0 Å². The second kappa shape index (κ2) is 5.99. The maximum Gasteiger partial charge on any atom is 0.417 e. The zero-order valence-corrected chi connectivity index (χ0v) is 10.8. The summed E-state index contributed by atoms with van der Waals surface area (Å²) in [7, 11) is 0. The van der Waals surface area contributed by atoms with Gasteiger partial charge in [0, 0.05) is 0 Å². The van der Waals surface area contributed by atoms with Gasteiger partial charge in [0.25, 0.3) is 5.91 Å². The minimum atomic E-state index is -0.243. The lowest BCUT2D eigenvalue weighted by Crippen LogP contribution is -2.31. The summed E-state index contributed by atoms with van der Waals surface area (Å²) < 4.78 is 9.81. The number of aromatic nitrogens is 2. The Bertz CT molecular complexity index is 539. The van der Waals surface area contributed by atoms with Crippen molar-refractivity contribution in [1.29, 1.82) is 0 Å². The number of amides is 1. The van der Waals surface area contributed by atoms with Crippen LogP contribution in [0.5, 0.6) is 6.08 Å². The SMILES string of the molecule is Cc1noc(OCC(=O)N[C@@H](C)c2ccccc2)n1. The molecule has 0 spiro atoms. The van der Waals surface area contributed by atoms with Crippen LogP contribution in [0.4, 0.5) is 0 Å². The molecule has 0 unspecified atom stereocenters. The summed E-state index contributed by atoms with van der Waals surface area (Å²) in [6, 6.07) is 9.60. The zero-order chi connectivity index (χ0) is 13.7. The fraction of sp³-hybridized carbons (Fsp3) is 0.308. The average Bonchev–Trinajstić information content (AvgIpc) is 2.83. The smallest absolute Gasteiger partial charge is 0.417 e. The highest BCUT2D eigenvalue weighted by Crippen LogP contribution is 2.11. The van der Waals surface area contributed by atoms with E-state index in [2.05, 4.69) is 15.5 Å². The molecule has 0 aliphatic rings. The number of carbonyl (C=O) groups is 1. The summed E-state index contributed by atoms with van der Waals surface area (Å²) in [6.07, 6.45) is 0.0000131. The largest absolute Gasteiger partial charge is 0.439 e. The Labute approximate surface area is 110 Å². The number of nitrogens with zero attached hydrogens (tertiary/aromatic N) is 2. The van der Waals surface area contributed by atoms with Crippen molar-refractivity contribution >= 4 is 5.91 Å². The molecule has 1 N–H and O–H groups in total. The molecule has 2 aromatic rings. The molecule has 0 fully saturated rings. The standard InChI is InChI=1S/C13H15N3O3/c1-9(11-6-4-3-5-7-11)14-12(17)8-18-13-15-10(2)16-19-13/h3-7,9H,8H2,1-2H3,(H,14,17)/t9-/m0/s1. The van der Waals surface area contributed by atoms with E-state index in [4.69, 9.17) is 9.26 Å². The number of ether oxygens (including phenoxy) is 1. The Balaban J connectivity index is 1.81. The molecule has 100 valence electrons. The summed E-state index contributed by atoms with van der Waals surface area (Å²) in [5.74, 6) is 0.222. The molecule has 6 nitrogen and oxygen atoms in total. The second-order valence-corrected chi connectivity index (χ2v) is 4.10. The lowest BCUT2D eigenvalue weighted by molar-refractivity contribution is -0.124. The third-order valence-corrected chi connectivity index (χ3v) is 2.51. The fourth-order valence-corrected chi connectivity index (χ4v) is 1.57. The van der Waals surface area contributed by atoms with Crippen molar-refractivity contribution in [2.24, 2.45) is 0 Å². The van der Waals surface area contributed by atoms with Crippen molar-refractivity contribution < 1.29 is 14.1 Å². The van der Waals surface area contributed by atoms with E-state index in [1.54, 1.807) is 6.92 Å². The molecule has 6 heteroatoms. The number of nitrogens with one attached hydrogen (secondary N) is 1. The van der Waals surface area contributed by atoms with E-state index in [9.17, 15) is 4.79 Å². The van der Waals surface area contributed by atoms with Crippen LogP contribution in [0.3, 0.4) is 0 Å². The first-order valence-electron chi connectivity index (χ1n) is 5.92. The van der Waals surface area contributed by atoms with Crippen LogP contribution in [-0.4, -0.2) is 22.7 Å². The van der Waals surface area contributed by atoms with Crippen molar-refractivity contribution in [3.63, 3.8) is 0 Å². The Morgan fingerprint density at radius 2 is 2.16 bits per heavy atom. The molecular formula is C13H15N3O3. The van der Waals surface area contributed by atoms with Crippen LogP contribution in [-0.2, 0) is 4.79 Å². The van der Waals surface area contributed by atoms with Gasteiger partial charge in [-0.05, 0) is 19.4 Å². The number of rotatable bonds is 5. The van der Waals surface area contributed by atoms with Crippen molar-refractivity contribution in [1.82, 2.24) is 15.5 Å². The van der Waals surface area contributed by atoms with Crippen LogP contribution < -0.4 is 10.1 Å². The second-order valence-electron chi connectivity index (χ2n) is 4.10. The summed E-state index contributed by atoms with van der Waals surface area (Å²) >= 11 is 0. The van der Waals surface area contributed by atoms with Gasteiger partial charge in [-0.2, -0.15) is 4.98 Å². The van der Waals surface area contributed by atoms with Crippen molar-refractivity contribution in [2.45, 2.75) is 19.9 Å². The van der Waals surface area contributed by atoms with Gasteiger partial charge >= 0.3 is 6.08 Å². The number of aryl methyl sites for hydroxylation is 1. The molecule has 1 amide bonds. The summed E-state index contributed by atoms with van der Waals surface area (Å²) in [6.45, 7) is 3.43. The number of carbonyl (C=O) groups excluding carboxylic acids is 1. The number of hydrogen-bond donors (Lipinski definition) is 1. The van der Waals surface area contributed by atoms with Gasteiger partial charge in [-0.1, -0.05) is 35.5 Å². The summed E-state index contributed by atoms with van der Waals surface area (Å²) in [4.78, 5) is 15.5. The van der Waals surface area contributed by atoms with E-state index < -0.39 is 0 Å². The van der Waals surface area contributed by atoms with E-state index in [-0.39, 0.29) is 24.6 Å². The predicted octanol–water partition coefficient (Wildman–Crippen LogP) is 1.63. The minimum absolute atomic E-state index is 0.0000131. The van der Waals surface area contributed by atoms with Crippen LogP contribution in [0.2, 0.25) is 0 Å². The highest BCUT2D eigenvalue weighted by Gasteiger charge is 2.11. The van der Waals surface area contributed by atoms with Gasteiger partial charge < -0.3 is 10.1 Å². The molecule has 0 saturated carbocycles. The molecule has 2 rings (SSSR count). The maximum absolute atomic E-state index is 11.7. The van der Waals surface area contributed by atoms with Crippen LogP contribution in [0.25, 0.3) is 0 Å². The zero-order valence-electron chi connectivity index (χ0n) is 10.8. The lowest BCUT2D eigenvalue weighted by Gasteiger charge is -2.13. The third kappa shape index (κ3) is 3.80. The highest BCUT2D eigenvalue weighted by molar-refractivity contribution is 5.77. The molecule has 0 bridgehead atoms. The van der Waals surface area contributed by atoms with E-state index in [0.717, 1.165) is 5.56 Å². The molecule has 1 atom stereocenters. The molecule has 1 aromatic heterocycles. The fourth-order valence-electron chi connectivity index (χ4n) is 1.57. The van der Waals surface area contributed by atoms with Gasteiger partial charge in [0.15, 0.2) is 12.4 Å². The molecule has 0 saturated heterocycles. The van der Waals surface area contributed by atoms with Gasteiger partial charge in [0.05, 0.1) is 6.04 Å². The normalized spacial score (nSPS) is 11.9. The van der Waals surface area contributed by atoms with Gasteiger partial charge in [0.1, 0.15) is 0 Å². The van der Waals surface area contributed by atoms with E-state index in [1.165, 1.54) is 0 Å².